The fourth-order valence-electron chi connectivity index (χ4n) is 4.23. The van der Waals surface area contributed by atoms with Crippen LogP contribution in [-0.2, 0) is 14.8 Å². The van der Waals surface area contributed by atoms with Crippen molar-refractivity contribution in [1.82, 2.24) is 29.1 Å². The number of hydrogen-bond acceptors (Lipinski definition) is 8. The molecule has 1 saturated carbocycles. The number of fused-ring (bicyclic) bond motifs is 2. The second kappa shape index (κ2) is 6.72. The maximum Gasteiger partial charge on any atom is 0.261 e. The Bertz CT molecular complexity index is 1450. The molecule has 4 aromatic heterocycles. The molecule has 1 atom stereocenters. The predicted octanol–water partition coefficient (Wildman–Crippen LogP) is 2.33. The second-order valence-electron chi connectivity index (χ2n) is 8.77. The van der Waals surface area contributed by atoms with E-state index in [4.69, 9.17) is 14.7 Å². The van der Waals surface area contributed by atoms with Gasteiger partial charge in [0.1, 0.15) is 11.5 Å². The molecule has 5 heterocycles. The lowest BCUT2D eigenvalue weighted by molar-refractivity contribution is 0.0987. The van der Waals surface area contributed by atoms with Crippen LogP contribution in [-0.4, -0.2) is 68.1 Å². The van der Waals surface area contributed by atoms with Crippen LogP contribution in [0.3, 0.4) is 0 Å². The van der Waals surface area contributed by atoms with Crippen LogP contribution in [0, 0.1) is 0 Å². The van der Waals surface area contributed by atoms with Crippen molar-refractivity contribution < 1.29 is 13.2 Å². The first-order valence-electron chi connectivity index (χ1n) is 10.7. The van der Waals surface area contributed by atoms with Crippen molar-refractivity contribution in [3.8, 4) is 11.4 Å². The maximum absolute atomic E-state index is 13.4. The van der Waals surface area contributed by atoms with Crippen LogP contribution < -0.4 is 4.90 Å². The maximum atomic E-state index is 13.4. The van der Waals surface area contributed by atoms with Crippen LogP contribution in [0.5, 0.6) is 0 Å². The summed E-state index contributed by atoms with van der Waals surface area (Å²) in [6.45, 7) is 5.62. The van der Waals surface area contributed by atoms with Crippen LogP contribution in [0.1, 0.15) is 26.7 Å². The number of H-pyrrole nitrogens is 1. The minimum Gasteiger partial charge on any atom is -0.377 e. The molecule has 1 aliphatic carbocycles. The summed E-state index contributed by atoms with van der Waals surface area (Å²) >= 11 is 0. The van der Waals surface area contributed by atoms with Gasteiger partial charge in [-0.2, -0.15) is 5.10 Å². The fraction of sp³-hybridized carbons (Fsp3) is 0.429. The molecule has 2 fully saturated rings. The van der Waals surface area contributed by atoms with Gasteiger partial charge in [0.15, 0.2) is 11.5 Å². The second-order valence-corrected chi connectivity index (χ2v) is 11.0. The molecule has 0 spiro atoms. The van der Waals surface area contributed by atoms with Crippen molar-refractivity contribution in [1.29, 1.82) is 0 Å². The topological polar surface area (TPSA) is 119 Å². The van der Waals surface area contributed by atoms with E-state index in [0.717, 1.165) is 20.7 Å². The molecule has 0 unspecified atom stereocenters. The summed E-state index contributed by atoms with van der Waals surface area (Å²) in [5, 5.41) is 5.78. The molecule has 1 N–H and O–H groups in total. The van der Waals surface area contributed by atoms with Crippen molar-refractivity contribution in [2.75, 3.05) is 24.7 Å². The Balaban J connectivity index is 1.63. The van der Waals surface area contributed by atoms with Gasteiger partial charge in [0.25, 0.3) is 10.0 Å². The normalized spacial score (nSPS) is 20.8. The zero-order valence-electron chi connectivity index (χ0n) is 17.8. The zero-order valence-corrected chi connectivity index (χ0v) is 18.6. The molecule has 1 saturated heterocycles. The molecule has 4 aromatic rings. The molecule has 0 amide bonds. The summed E-state index contributed by atoms with van der Waals surface area (Å²) in [4.78, 5) is 19.2. The molecule has 2 aliphatic rings. The van der Waals surface area contributed by atoms with Gasteiger partial charge in [-0.3, -0.25) is 0 Å². The molecule has 6 rings (SSSR count). The van der Waals surface area contributed by atoms with E-state index >= 15 is 0 Å². The Kier molecular flexibility index (Phi) is 4.12. The number of aromatic nitrogens is 6. The molecule has 1 aliphatic heterocycles. The minimum absolute atomic E-state index is 0.0836. The van der Waals surface area contributed by atoms with Crippen molar-refractivity contribution in [2.45, 2.75) is 37.5 Å². The Hall–Kier alpha value is -3.05. The summed E-state index contributed by atoms with van der Waals surface area (Å²) in [6, 6.07) is 3.85. The van der Waals surface area contributed by atoms with E-state index in [9.17, 15) is 8.42 Å². The number of pyridine rings is 1. The summed E-state index contributed by atoms with van der Waals surface area (Å²) in [5.41, 5.74) is 1.81. The number of hydrogen-bond donors (Lipinski definition) is 1. The van der Waals surface area contributed by atoms with Crippen molar-refractivity contribution in [3.63, 3.8) is 0 Å². The van der Waals surface area contributed by atoms with Gasteiger partial charge in [-0.15, -0.1) is 4.09 Å². The van der Waals surface area contributed by atoms with E-state index in [1.54, 1.807) is 19.3 Å². The molecule has 0 radical (unpaired) electrons. The SMILES string of the molecule is C[C@@H]1COCCN1c1nc(-c2ccnc3[nH]ccc23)nc2c1cnn2S(=O)(=O)C1(C)CC1. The number of nitrogens with one attached hydrogen (secondary N) is 1. The van der Waals surface area contributed by atoms with Gasteiger partial charge in [0, 0.05) is 29.9 Å². The average Bonchev–Trinajstić information content (AvgIpc) is 3.20. The number of anilines is 1. The Morgan fingerprint density at radius 1 is 1.22 bits per heavy atom. The standard InChI is InChI=1S/C21H23N7O3S/c1-13-12-31-10-9-27(13)19-16-11-24-28(32(29,30)21(2)5-6-21)20(16)26-18(25-19)15-4-8-23-17-14(15)3-7-22-17/h3-4,7-8,11,13H,5-6,9-10,12H2,1-2H3,(H,22,23)/t13-/m1/s1. The molecule has 166 valence electrons. The highest BCUT2D eigenvalue weighted by molar-refractivity contribution is 7.91. The highest BCUT2D eigenvalue weighted by atomic mass is 32.2. The quantitative estimate of drug-likeness (QED) is 0.500. The average molecular weight is 454 g/mol. The Morgan fingerprint density at radius 2 is 2.06 bits per heavy atom. The highest BCUT2D eigenvalue weighted by Crippen LogP contribution is 2.44. The minimum atomic E-state index is -3.69. The molecular weight excluding hydrogens is 430 g/mol. The lowest BCUT2D eigenvalue weighted by atomic mass is 10.1. The van der Waals surface area contributed by atoms with Gasteiger partial charge in [-0.25, -0.2) is 23.4 Å². The van der Waals surface area contributed by atoms with Crippen LogP contribution in [0.4, 0.5) is 5.82 Å². The largest absolute Gasteiger partial charge is 0.377 e. The van der Waals surface area contributed by atoms with E-state index in [-0.39, 0.29) is 6.04 Å². The number of rotatable bonds is 4. The van der Waals surface area contributed by atoms with Crippen molar-refractivity contribution >= 4 is 37.9 Å². The van der Waals surface area contributed by atoms with Gasteiger partial charge in [0.2, 0.25) is 0 Å². The lowest BCUT2D eigenvalue weighted by Crippen LogP contribution is -2.44. The first-order chi connectivity index (χ1) is 15.4. The monoisotopic (exact) mass is 453 g/mol. The van der Waals surface area contributed by atoms with Gasteiger partial charge in [-0.05, 0) is 38.8 Å². The first-order valence-corrected chi connectivity index (χ1v) is 12.1. The van der Waals surface area contributed by atoms with Crippen molar-refractivity contribution in [3.05, 3.63) is 30.7 Å². The van der Waals surface area contributed by atoms with E-state index in [0.29, 0.717) is 55.3 Å². The summed E-state index contributed by atoms with van der Waals surface area (Å²) in [6.07, 6.45) is 6.32. The van der Waals surface area contributed by atoms with E-state index < -0.39 is 14.8 Å². The number of nitrogens with zero attached hydrogens (tertiary/aromatic N) is 6. The lowest BCUT2D eigenvalue weighted by Gasteiger charge is -2.34. The van der Waals surface area contributed by atoms with Crippen LogP contribution >= 0.6 is 0 Å². The third-order valence-electron chi connectivity index (χ3n) is 6.52. The number of morpholine rings is 1. The predicted molar refractivity (Wildman–Crippen MR) is 120 cm³/mol. The fourth-order valence-corrected chi connectivity index (χ4v) is 5.80. The van der Waals surface area contributed by atoms with Gasteiger partial charge >= 0.3 is 0 Å². The van der Waals surface area contributed by atoms with Gasteiger partial charge in [-0.1, -0.05) is 0 Å². The molecule has 11 heteroatoms. The summed E-state index contributed by atoms with van der Waals surface area (Å²) < 4.78 is 32.6. The van der Waals surface area contributed by atoms with Crippen LogP contribution in [0.15, 0.2) is 30.7 Å². The third-order valence-corrected chi connectivity index (χ3v) is 8.90. The van der Waals surface area contributed by atoms with Gasteiger partial charge in [0.05, 0.1) is 35.6 Å². The van der Waals surface area contributed by atoms with E-state index in [1.807, 2.05) is 18.3 Å². The number of aromatic amines is 1. The molecule has 0 bridgehead atoms. The van der Waals surface area contributed by atoms with E-state index in [2.05, 4.69) is 26.9 Å². The molecular formula is C21H23N7O3S. The van der Waals surface area contributed by atoms with Crippen LogP contribution in [0.2, 0.25) is 0 Å². The number of ether oxygens (including phenoxy) is 1. The molecule has 0 aromatic carbocycles. The summed E-state index contributed by atoms with van der Waals surface area (Å²) in [5.74, 6) is 1.11. The van der Waals surface area contributed by atoms with Crippen LogP contribution in [0.25, 0.3) is 33.5 Å². The third kappa shape index (κ3) is 2.77. The Labute approximate surface area is 184 Å². The van der Waals surface area contributed by atoms with Crippen molar-refractivity contribution in [2.24, 2.45) is 0 Å². The Morgan fingerprint density at radius 3 is 2.84 bits per heavy atom. The van der Waals surface area contributed by atoms with Gasteiger partial charge < -0.3 is 14.6 Å². The summed E-state index contributed by atoms with van der Waals surface area (Å²) in [7, 11) is -3.69. The highest BCUT2D eigenvalue weighted by Gasteiger charge is 2.52. The molecule has 32 heavy (non-hydrogen) atoms. The molecule has 10 nitrogen and oxygen atoms in total. The smallest absolute Gasteiger partial charge is 0.261 e. The first kappa shape index (κ1) is 19.6. The zero-order chi connectivity index (χ0) is 22.1. The van der Waals surface area contributed by atoms with E-state index in [1.165, 1.54) is 0 Å².